The Morgan fingerprint density at radius 1 is 1.25 bits per heavy atom. The number of aromatic amines is 1. The molecule has 1 aromatic heterocycles. The van der Waals surface area contributed by atoms with Crippen LogP contribution in [0, 0.1) is 11.3 Å². The lowest BCUT2D eigenvalue weighted by Gasteiger charge is -2.09. The van der Waals surface area contributed by atoms with Crippen LogP contribution >= 0.6 is 0 Å². The van der Waals surface area contributed by atoms with Crippen LogP contribution in [0.25, 0.3) is 22.7 Å². The van der Waals surface area contributed by atoms with Gasteiger partial charge in [-0.3, -0.25) is 0 Å². The summed E-state index contributed by atoms with van der Waals surface area (Å²) in [6.07, 6.45) is 1.78. The van der Waals surface area contributed by atoms with E-state index in [1.165, 1.54) is 0 Å². The van der Waals surface area contributed by atoms with Crippen molar-refractivity contribution in [2.45, 2.75) is 6.92 Å². The molecule has 2 aromatic carbocycles. The number of nitrogens with zero attached hydrogens (tertiary/aromatic N) is 2. The maximum atomic E-state index is 9.51. The van der Waals surface area contributed by atoms with Crippen LogP contribution in [0.4, 0.5) is 0 Å². The van der Waals surface area contributed by atoms with E-state index in [1.807, 2.05) is 49.4 Å². The van der Waals surface area contributed by atoms with Crippen LogP contribution in [0.5, 0.6) is 11.5 Å². The molecule has 0 radical (unpaired) electrons. The Bertz CT molecular complexity index is 902. The Hall–Kier alpha value is -3.26. The number of rotatable bonds is 5. The maximum Gasteiger partial charge on any atom is 0.161 e. The third-order valence-corrected chi connectivity index (χ3v) is 3.56. The summed E-state index contributed by atoms with van der Waals surface area (Å²) in [5.74, 6) is 1.86. The number of aromatic nitrogens is 2. The number of benzene rings is 2. The van der Waals surface area contributed by atoms with E-state index >= 15 is 0 Å². The van der Waals surface area contributed by atoms with Gasteiger partial charge in [0.1, 0.15) is 11.9 Å². The molecule has 5 heteroatoms. The topological polar surface area (TPSA) is 70.9 Å². The predicted molar refractivity (Wildman–Crippen MR) is 93.7 cm³/mol. The number of imidazole rings is 1. The first-order valence-corrected chi connectivity index (χ1v) is 7.63. The zero-order chi connectivity index (χ0) is 16.9. The average Bonchev–Trinajstić information content (AvgIpc) is 3.04. The molecule has 0 aliphatic carbocycles. The van der Waals surface area contributed by atoms with Crippen LogP contribution in [0.2, 0.25) is 0 Å². The van der Waals surface area contributed by atoms with Crippen LogP contribution in [0.3, 0.4) is 0 Å². The van der Waals surface area contributed by atoms with Crippen molar-refractivity contribution in [1.29, 1.82) is 5.26 Å². The highest BCUT2D eigenvalue weighted by Crippen LogP contribution is 2.29. The lowest BCUT2D eigenvalue weighted by Crippen LogP contribution is -1.95. The normalized spacial score (nSPS) is 11.3. The summed E-state index contributed by atoms with van der Waals surface area (Å²) in [5.41, 5.74) is 3.03. The van der Waals surface area contributed by atoms with Gasteiger partial charge in [-0.2, -0.15) is 5.26 Å². The van der Waals surface area contributed by atoms with E-state index in [1.54, 1.807) is 13.2 Å². The highest BCUT2D eigenvalue weighted by atomic mass is 16.5. The standard InChI is InChI=1S/C19H17N3O2/c1-3-24-18-11-13(8-9-17(18)23-2)10-14(12-20)19-21-15-6-4-5-7-16(15)22-19/h4-11H,3H2,1-2H3,(H,21,22)/b14-10+. The Labute approximate surface area is 140 Å². The molecule has 1 N–H and O–H groups in total. The molecule has 3 aromatic rings. The average molecular weight is 319 g/mol. The molecule has 0 amide bonds. The summed E-state index contributed by atoms with van der Waals surface area (Å²) >= 11 is 0. The number of nitriles is 1. The Kier molecular flexibility index (Phi) is 4.48. The lowest BCUT2D eigenvalue weighted by atomic mass is 10.1. The molecular formula is C19H17N3O2. The molecule has 0 aliphatic heterocycles. The summed E-state index contributed by atoms with van der Waals surface area (Å²) in [5, 5.41) is 9.51. The van der Waals surface area contributed by atoms with Gasteiger partial charge < -0.3 is 14.5 Å². The van der Waals surface area contributed by atoms with E-state index in [2.05, 4.69) is 16.0 Å². The van der Waals surface area contributed by atoms with Crippen LogP contribution < -0.4 is 9.47 Å². The number of fused-ring (bicyclic) bond motifs is 1. The summed E-state index contributed by atoms with van der Waals surface area (Å²) < 4.78 is 10.9. The highest BCUT2D eigenvalue weighted by Gasteiger charge is 2.09. The zero-order valence-electron chi connectivity index (χ0n) is 13.5. The first-order valence-electron chi connectivity index (χ1n) is 7.63. The van der Waals surface area contributed by atoms with Gasteiger partial charge in [0.25, 0.3) is 0 Å². The minimum absolute atomic E-state index is 0.457. The fraction of sp³-hybridized carbons (Fsp3) is 0.158. The number of methoxy groups -OCH3 is 1. The number of hydrogen-bond acceptors (Lipinski definition) is 4. The number of para-hydroxylation sites is 2. The second kappa shape index (κ2) is 6.88. The van der Waals surface area contributed by atoms with Crippen molar-refractivity contribution in [3.05, 3.63) is 53.9 Å². The fourth-order valence-corrected chi connectivity index (χ4v) is 2.45. The molecule has 0 bridgehead atoms. The van der Waals surface area contributed by atoms with Gasteiger partial charge in [0.15, 0.2) is 11.5 Å². The molecular weight excluding hydrogens is 302 g/mol. The monoisotopic (exact) mass is 319 g/mol. The van der Waals surface area contributed by atoms with Crippen LogP contribution in [-0.2, 0) is 0 Å². The smallest absolute Gasteiger partial charge is 0.161 e. The molecule has 0 aliphatic rings. The van der Waals surface area contributed by atoms with Crippen molar-refractivity contribution >= 4 is 22.7 Å². The largest absolute Gasteiger partial charge is 0.493 e. The molecule has 0 saturated heterocycles. The summed E-state index contributed by atoms with van der Waals surface area (Å²) in [6.45, 7) is 2.45. The van der Waals surface area contributed by atoms with Gasteiger partial charge in [0.05, 0.1) is 30.3 Å². The summed E-state index contributed by atoms with van der Waals surface area (Å²) in [6, 6.07) is 15.4. The molecule has 3 rings (SSSR count). The molecule has 0 atom stereocenters. The van der Waals surface area contributed by atoms with Crippen LogP contribution in [-0.4, -0.2) is 23.7 Å². The van der Waals surface area contributed by atoms with Gasteiger partial charge in [-0.05, 0) is 42.8 Å². The van der Waals surface area contributed by atoms with E-state index in [0.717, 1.165) is 16.6 Å². The molecule has 120 valence electrons. The number of allylic oxidation sites excluding steroid dienone is 1. The number of nitrogens with one attached hydrogen (secondary N) is 1. The second-order valence-corrected chi connectivity index (χ2v) is 5.12. The van der Waals surface area contributed by atoms with Crippen molar-refractivity contribution in [3.63, 3.8) is 0 Å². The number of H-pyrrole nitrogens is 1. The summed E-state index contributed by atoms with van der Waals surface area (Å²) in [7, 11) is 1.60. The minimum Gasteiger partial charge on any atom is -0.493 e. The van der Waals surface area contributed by atoms with E-state index in [0.29, 0.717) is 29.5 Å². The van der Waals surface area contributed by atoms with Crippen molar-refractivity contribution in [2.24, 2.45) is 0 Å². The van der Waals surface area contributed by atoms with Crippen molar-refractivity contribution < 1.29 is 9.47 Å². The van der Waals surface area contributed by atoms with E-state index in [-0.39, 0.29) is 0 Å². The third-order valence-electron chi connectivity index (χ3n) is 3.56. The number of hydrogen-bond donors (Lipinski definition) is 1. The molecule has 24 heavy (non-hydrogen) atoms. The van der Waals surface area contributed by atoms with E-state index in [4.69, 9.17) is 9.47 Å². The quantitative estimate of drug-likeness (QED) is 0.721. The highest BCUT2D eigenvalue weighted by molar-refractivity contribution is 5.90. The maximum absolute atomic E-state index is 9.51. The molecule has 0 spiro atoms. The Balaban J connectivity index is 2.01. The second-order valence-electron chi connectivity index (χ2n) is 5.12. The van der Waals surface area contributed by atoms with Crippen LogP contribution in [0.15, 0.2) is 42.5 Å². The van der Waals surface area contributed by atoms with Crippen molar-refractivity contribution in [3.8, 4) is 17.6 Å². The number of ether oxygens (including phenoxy) is 2. The molecule has 0 unspecified atom stereocenters. The first kappa shape index (κ1) is 15.6. The molecule has 0 fully saturated rings. The zero-order valence-corrected chi connectivity index (χ0v) is 13.5. The van der Waals surface area contributed by atoms with Gasteiger partial charge in [0, 0.05) is 0 Å². The van der Waals surface area contributed by atoms with Gasteiger partial charge in [-0.1, -0.05) is 18.2 Å². The van der Waals surface area contributed by atoms with Crippen molar-refractivity contribution in [1.82, 2.24) is 9.97 Å². The fourth-order valence-electron chi connectivity index (χ4n) is 2.45. The van der Waals surface area contributed by atoms with E-state index in [9.17, 15) is 5.26 Å². The molecule has 5 nitrogen and oxygen atoms in total. The predicted octanol–water partition coefficient (Wildman–Crippen LogP) is 4.03. The SMILES string of the molecule is CCOc1cc(/C=C(\C#N)c2nc3ccccc3[nH]2)ccc1OC. The van der Waals surface area contributed by atoms with Gasteiger partial charge in [-0.25, -0.2) is 4.98 Å². The van der Waals surface area contributed by atoms with Gasteiger partial charge >= 0.3 is 0 Å². The first-order chi connectivity index (χ1) is 11.7. The molecule has 0 saturated carbocycles. The third kappa shape index (κ3) is 3.08. The van der Waals surface area contributed by atoms with Gasteiger partial charge in [0.2, 0.25) is 0 Å². The van der Waals surface area contributed by atoms with Crippen molar-refractivity contribution in [2.75, 3.05) is 13.7 Å². The van der Waals surface area contributed by atoms with Crippen LogP contribution in [0.1, 0.15) is 18.3 Å². The molecule has 1 heterocycles. The Morgan fingerprint density at radius 2 is 2.08 bits per heavy atom. The van der Waals surface area contributed by atoms with Gasteiger partial charge in [-0.15, -0.1) is 0 Å². The van der Waals surface area contributed by atoms with E-state index < -0.39 is 0 Å². The lowest BCUT2D eigenvalue weighted by molar-refractivity contribution is 0.311. The Morgan fingerprint density at radius 3 is 2.79 bits per heavy atom. The minimum atomic E-state index is 0.457. The summed E-state index contributed by atoms with van der Waals surface area (Å²) in [4.78, 5) is 7.64.